The predicted octanol–water partition coefficient (Wildman–Crippen LogP) is 3.86. The monoisotopic (exact) mass is 435 g/mol. The van der Waals surface area contributed by atoms with Gasteiger partial charge in [0.2, 0.25) is 5.91 Å². The molecule has 172 valence electrons. The number of hydrogen-bond donors (Lipinski definition) is 1. The molecule has 3 aliphatic heterocycles. The van der Waals surface area contributed by atoms with E-state index >= 15 is 0 Å². The molecule has 1 aromatic carbocycles. The Morgan fingerprint density at radius 2 is 1.91 bits per heavy atom. The third-order valence-corrected chi connectivity index (χ3v) is 6.98. The number of fused-ring (bicyclic) bond motifs is 3. The van der Waals surface area contributed by atoms with Crippen LogP contribution in [-0.4, -0.2) is 60.5 Å². The highest BCUT2D eigenvalue weighted by Crippen LogP contribution is 2.41. The van der Waals surface area contributed by atoms with Gasteiger partial charge in [-0.05, 0) is 50.4 Å². The number of hydrogen-bond acceptors (Lipinski definition) is 5. The summed E-state index contributed by atoms with van der Waals surface area (Å²) in [6.07, 6.45) is 2.31. The van der Waals surface area contributed by atoms with Crippen LogP contribution in [0.4, 0.5) is 5.69 Å². The predicted molar refractivity (Wildman–Crippen MR) is 130 cm³/mol. The molecule has 32 heavy (non-hydrogen) atoms. The normalized spacial score (nSPS) is 24.9. The van der Waals surface area contributed by atoms with Crippen molar-refractivity contribution < 1.29 is 4.79 Å². The largest absolute Gasteiger partial charge is 0.378 e. The van der Waals surface area contributed by atoms with Crippen molar-refractivity contribution in [1.29, 1.82) is 0 Å². The van der Waals surface area contributed by atoms with Crippen molar-refractivity contribution in [3.63, 3.8) is 0 Å². The summed E-state index contributed by atoms with van der Waals surface area (Å²) < 4.78 is 0. The molecule has 1 amide bonds. The summed E-state index contributed by atoms with van der Waals surface area (Å²) in [4.78, 5) is 26.6. The second-order valence-corrected chi connectivity index (χ2v) is 10.7. The van der Waals surface area contributed by atoms with E-state index in [2.05, 4.69) is 59.5 Å². The van der Waals surface area contributed by atoms with Crippen LogP contribution in [0.1, 0.15) is 51.0 Å². The Morgan fingerprint density at radius 1 is 1.19 bits per heavy atom. The molecule has 0 spiro atoms. The van der Waals surface area contributed by atoms with E-state index in [0.29, 0.717) is 17.9 Å². The first-order chi connectivity index (χ1) is 15.1. The Bertz CT molecular complexity index is 963. The molecule has 0 radical (unpaired) electrons. The van der Waals surface area contributed by atoms with Gasteiger partial charge in [0, 0.05) is 61.5 Å². The van der Waals surface area contributed by atoms with Crippen molar-refractivity contribution in [3.05, 3.63) is 41.9 Å². The number of piperidine rings is 3. The zero-order valence-electron chi connectivity index (χ0n) is 20.4. The molecular formula is C26H37N5O. The minimum atomic E-state index is -0.342. The van der Waals surface area contributed by atoms with Crippen molar-refractivity contribution in [2.45, 2.75) is 52.5 Å². The number of nitrogens with zero attached hydrogens (tertiary/aromatic N) is 4. The molecule has 0 aliphatic carbocycles. The molecule has 3 aliphatic rings. The zero-order valence-corrected chi connectivity index (χ0v) is 20.4. The van der Waals surface area contributed by atoms with E-state index in [1.807, 2.05) is 27.7 Å². The molecule has 5 rings (SSSR count). The fraction of sp³-hybridized carbons (Fsp3) is 0.577. The Labute approximate surface area is 192 Å². The molecule has 2 bridgehead atoms. The van der Waals surface area contributed by atoms with Gasteiger partial charge in [-0.3, -0.25) is 9.69 Å². The highest BCUT2D eigenvalue weighted by molar-refractivity contribution is 5.81. The molecule has 1 N–H and O–H groups in total. The van der Waals surface area contributed by atoms with E-state index < -0.39 is 0 Å². The fourth-order valence-corrected chi connectivity index (χ4v) is 5.02. The molecule has 4 heterocycles. The molecule has 3 fully saturated rings. The van der Waals surface area contributed by atoms with Gasteiger partial charge < -0.3 is 10.2 Å². The topological polar surface area (TPSA) is 61.4 Å². The average Bonchev–Trinajstić information content (AvgIpc) is 2.76. The van der Waals surface area contributed by atoms with Crippen LogP contribution >= 0.6 is 0 Å². The first-order valence-electron chi connectivity index (χ1n) is 11.8. The van der Waals surface area contributed by atoms with Crippen LogP contribution < -0.4 is 10.2 Å². The van der Waals surface area contributed by atoms with Crippen molar-refractivity contribution >= 4 is 11.6 Å². The Balaban J connectivity index is 1.49. The highest BCUT2D eigenvalue weighted by Gasteiger charge is 2.41. The van der Waals surface area contributed by atoms with E-state index in [9.17, 15) is 4.79 Å². The van der Waals surface area contributed by atoms with Gasteiger partial charge in [0.05, 0.1) is 5.69 Å². The van der Waals surface area contributed by atoms with Crippen molar-refractivity contribution in [2.75, 3.05) is 38.6 Å². The zero-order chi connectivity index (χ0) is 23.0. The molecule has 3 saturated heterocycles. The number of carbonyl (C=O) groups is 1. The van der Waals surface area contributed by atoms with Crippen LogP contribution in [0.15, 0.2) is 30.3 Å². The van der Waals surface area contributed by atoms with Gasteiger partial charge in [-0.1, -0.05) is 32.9 Å². The van der Waals surface area contributed by atoms with Gasteiger partial charge in [0.1, 0.15) is 5.82 Å². The maximum Gasteiger partial charge on any atom is 0.225 e. The third-order valence-electron chi connectivity index (χ3n) is 6.98. The van der Waals surface area contributed by atoms with Crippen LogP contribution in [0.3, 0.4) is 0 Å². The summed E-state index contributed by atoms with van der Waals surface area (Å²) in [6, 6.07) is 11.2. The van der Waals surface area contributed by atoms with Gasteiger partial charge >= 0.3 is 0 Å². The van der Waals surface area contributed by atoms with Crippen molar-refractivity contribution in [3.8, 4) is 11.3 Å². The van der Waals surface area contributed by atoms with Gasteiger partial charge in [-0.15, -0.1) is 0 Å². The van der Waals surface area contributed by atoms with Gasteiger partial charge in [-0.2, -0.15) is 0 Å². The van der Waals surface area contributed by atoms with E-state index in [0.717, 1.165) is 48.8 Å². The molecule has 6 heteroatoms. The minimum Gasteiger partial charge on any atom is -0.378 e. The molecule has 6 nitrogen and oxygen atoms in total. The lowest BCUT2D eigenvalue weighted by Gasteiger charge is -2.50. The minimum absolute atomic E-state index is 0.132. The maximum atomic E-state index is 12.3. The first kappa shape index (κ1) is 22.7. The Kier molecular flexibility index (Phi) is 6.26. The number of anilines is 1. The van der Waals surface area contributed by atoms with Crippen LogP contribution in [-0.2, 0) is 4.79 Å². The van der Waals surface area contributed by atoms with Crippen LogP contribution in [0, 0.1) is 18.3 Å². The number of aromatic nitrogens is 2. The second kappa shape index (κ2) is 8.81. The van der Waals surface area contributed by atoms with Crippen LogP contribution in [0.2, 0.25) is 0 Å². The number of benzene rings is 1. The quantitative estimate of drug-likeness (QED) is 0.773. The number of amides is 1. The summed E-state index contributed by atoms with van der Waals surface area (Å²) in [6.45, 7) is 10.8. The summed E-state index contributed by atoms with van der Waals surface area (Å²) in [7, 11) is 4.11. The Morgan fingerprint density at radius 3 is 2.50 bits per heavy atom. The SMILES string of the molecule is Cc1nc(-c2ccc(N(C)C)cc2)cc([C@@H]2CN3CC[C@H]2C[C@@H]3CNC(=O)C(C)(C)C)n1. The molecule has 1 aromatic heterocycles. The molecule has 4 atom stereocenters. The lowest BCUT2D eigenvalue weighted by Crippen LogP contribution is -2.56. The van der Waals surface area contributed by atoms with Crippen LogP contribution in [0.5, 0.6) is 0 Å². The Hall–Kier alpha value is -2.47. The first-order valence-corrected chi connectivity index (χ1v) is 11.8. The smallest absolute Gasteiger partial charge is 0.225 e. The lowest BCUT2D eigenvalue weighted by atomic mass is 9.74. The van der Waals surface area contributed by atoms with Gasteiger partial charge in [0.15, 0.2) is 0 Å². The van der Waals surface area contributed by atoms with E-state index in [1.54, 1.807) is 0 Å². The molecule has 2 aromatic rings. The van der Waals surface area contributed by atoms with E-state index in [4.69, 9.17) is 9.97 Å². The summed E-state index contributed by atoms with van der Waals surface area (Å²) >= 11 is 0. The summed E-state index contributed by atoms with van der Waals surface area (Å²) in [5, 5.41) is 3.17. The molecule has 1 unspecified atom stereocenters. The van der Waals surface area contributed by atoms with Crippen molar-refractivity contribution in [1.82, 2.24) is 20.2 Å². The third kappa shape index (κ3) is 4.80. The lowest BCUT2D eigenvalue weighted by molar-refractivity contribution is -0.129. The highest BCUT2D eigenvalue weighted by atomic mass is 16.2. The second-order valence-electron chi connectivity index (χ2n) is 10.7. The number of carbonyl (C=O) groups excluding carboxylic acids is 1. The average molecular weight is 436 g/mol. The fourth-order valence-electron chi connectivity index (χ4n) is 5.02. The van der Waals surface area contributed by atoms with Gasteiger partial charge in [0.25, 0.3) is 0 Å². The van der Waals surface area contributed by atoms with E-state index in [-0.39, 0.29) is 11.3 Å². The number of rotatable bonds is 5. The van der Waals surface area contributed by atoms with Gasteiger partial charge in [-0.25, -0.2) is 9.97 Å². The summed E-state index contributed by atoms with van der Waals surface area (Å²) in [5.74, 6) is 2.00. The molecular weight excluding hydrogens is 398 g/mol. The summed E-state index contributed by atoms with van der Waals surface area (Å²) in [5.41, 5.74) is 4.14. The maximum absolute atomic E-state index is 12.3. The standard InChI is InChI=1S/C26H37N5O/c1-17-28-23(18-7-9-20(10-8-18)30(5)6)14-24(29-17)22-16-31-12-11-19(22)13-21(31)15-27-25(32)26(2,3)4/h7-10,14,19,21-22H,11-13,15-16H2,1-6H3,(H,27,32)/t19-,21+,22+/m0/s1. The number of nitrogens with one attached hydrogen (secondary N) is 1. The van der Waals surface area contributed by atoms with Crippen molar-refractivity contribution in [2.24, 2.45) is 11.3 Å². The van der Waals surface area contributed by atoms with E-state index in [1.165, 1.54) is 12.1 Å². The molecule has 0 saturated carbocycles. The van der Waals surface area contributed by atoms with Crippen LogP contribution in [0.25, 0.3) is 11.3 Å². The number of aryl methyl sites for hydroxylation is 1.